The minimum absolute atomic E-state index is 0.0283. The zero-order valence-electron chi connectivity index (χ0n) is 35.4. The molecule has 3 saturated heterocycles. The molecule has 5 saturated carbocycles. The van der Waals surface area contributed by atoms with Gasteiger partial charge in [-0.15, -0.1) is 0 Å². The second-order valence-electron chi connectivity index (χ2n) is 21.1. The van der Waals surface area contributed by atoms with Gasteiger partial charge in [-0.1, -0.05) is 20.8 Å². The summed E-state index contributed by atoms with van der Waals surface area (Å²) in [6.45, 7) is 14.4. The van der Waals surface area contributed by atoms with Crippen molar-refractivity contribution in [3.05, 3.63) is 0 Å². The van der Waals surface area contributed by atoms with Gasteiger partial charge in [-0.25, -0.2) is 0 Å². The molecule has 15 heteroatoms. The van der Waals surface area contributed by atoms with E-state index in [1.54, 1.807) is 13.8 Å². The largest absolute Gasteiger partial charge is 0.455 e. The van der Waals surface area contributed by atoms with Crippen LogP contribution < -0.4 is 0 Å². The molecule has 0 radical (unpaired) electrons. The predicted molar refractivity (Wildman–Crippen MR) is 202 cm³/mol. The normalized spacial score (nSPS) is 53.4. The minimum Gasteiger partial charge on any atom is -0.455 e. The molecule has 330 valence electrons. The molecule has 8 aliphatic rings. The van der Waals surface area contributed by atoms with Crippen LogP contribution in [-0.2, 0) is 42.7 Å². The molecular weight excluding hydrogens is 756 g/mol. The molecule has 20 atom stereocenters. The summed E-state index contributed by atoms with van der Waals surface area (Å²) in [7, 11) is 0. The van der Waals surface area contributed by atoms with E-state index < -0.39 is 96.1 Å². The van der Waals surface area contributed by atoms with E-state index in [1.165, 1.54) is 13.8 Å². The van der Waals surface area contributed by atoms with Gasteiger partial charge < -0.3 is 63.8 Å². The highest BCUT2D eigenvalue weighted by Crippen LogP contribution is 2.87. The molecule has 0 aromatic carbocycles. The lowest BCUT2D eigenvalue weighted by atomic mass is 9.45. The number of rotatable bonds is 8. The Morgan fingerprint density at radius 3 is 2.00 bits per heavy atom. The van der Waals surface area contributed by atoms with E-state index in [2.05, 4.69) is 27.7 Å². The smallest absolute Gasteiger partial charge is 0.303 e. The number of hydrogen-bond donors (Lipinski definition) is 6. The highest BCUT2D eigenvalue weighted by atomic mass is 16.7. The third kappa shape index (κ3) is 6.62. The molecule has 0 bridgehead atoms. The number of fused-ring (bicyclic) bond motifs is 2. The second-order valence-corrected chi connectivity index (χ2v) is 21.1. The highest BCUT2D eigenvalue weighted by Gasteiger charge is 2.83. The molecule has 6 N–H and O–H groups in total. The van der Waals surface area contributed by atoms with Gasteiger partial charge in [0.25, 0.3) is 0 Å². The van der Waals surface area contributed by atoms with Crippen LogP contribution in [0.3, 0.4) is 0 Å². The van der Waals surface area contributed by atoms with Gasteiger partial charge in [0.15, 0.2) is 24.8 Å². The quantitative estimate of drug-likeness (QED) is 0.153. The first kappa shape index (κ1) is 43.2. The maximum atomic E-state index is 12.3. The van der Waals surface area contributed by atoms with Gasteiger partial charge in [-0.2, -0.15) is 0 Å². The van der Waals surface area contributed by atoms with Crippen LogP contribution in [0.4, 0.5) is 0 Å². The third-order valence-electron chi connectivity index (χ3n) is 17.0. The van der Waals surface area contributed by atoms with Crippen molar-refractivity contribution in [3.8, 4) is 0 Å². The van der Waals surface area contributed by atoms with E-state index in [-0.39, 0.29) is 59.2 Å². The summed E-state index contributed by atoms with van der Waals surface area (Å²) in [6, 6.07) is 0. The fourth-order valence-corrected chi connectivity index (χ4v) is 14.7. The average Bonchev–Trinajstić information content (AvgIpc) is 3.43. The van der Waals surface area contributed by atoms with Crippen LogP contribution >= 0.6 is 0 Å². The lowest BCUT2D eigenvalue weighted by Crippen LogP contribution is -2.63. The predicted octanol–water partition coefficient (Wildman–Crippen LogP) is 2.11. The van der Waals surface area contributed by atoms with Gasteiger partial charge in [0.2, 0.25) is 0 Å². The van der Waals surface area contributed by atoms with Crippen molar-refractivity contribution in [2.45, 2.75) is 198 Å². The van der Waals surface area contributed by atoms with Crippen molar-refractivity contribution >= 4 is 11.9 Å². The number of esters is 2. The molecule has 0 aromatic heterocycles. The fourth-order valence-electron chi connectivity index (χ4n) is 14.7. The number of aliphatic hydroxyl groups excluding tert-OH is 5. The van der Waals surface area contributed by atoms with E-state index in [0.29, 0.717) is 19.3 Å². The van der Waals surface area contributed by atoms with Crippen molar-refractivity contribution < 1.29 is 73.4 Å². The van der Waals surface area contributed by atoms with Crippen LogP contribution in [0, 0.1) is 45.3 Å². The van der Waals surface area contributed by atoms with Crippen molar-refractivity contribution in [1.29, 1.82) is 0 Å². The lowest BCUT2D eigenvalue weighted by Gasteiger charge is -2.62. The van der Waals surface area contributed by atoms with Crippen molar-refractivity contribution in [2.75, 3.05) is 13.2 Å². The molecule has 8 fully saturated rings. The van der Waals surface area contributed by atoms with E-state index in [4.69, 9.17) is 33.2 Å². The number of carbonyl (C=O) groups is 2. The first-order valence-electron chi connectivity index (χ1n) is 21.7. The van der Waals surface area contributed by atoms with Crippen LogP contribution in [0.1, 0.15) is 113 Å². The summed E-state index contributed by atoms with van der Waals surface area (Å²) in [5.41, 5.74) is -2.66. The number of ether oxygens (including phenoxy) is 7. The van der Waals surface area contributed by atoms with E-state index in [0.717, 1.165) is 38.5 Å². The summed E-state index contributed by atoms with van der Waals surface area (Å²) < 4.78 is 43.3. The first-order valence-corrected chi connectivity index (χ1v) is 21.7. The molecule has 58 heavy (non-hydrogen) atoms. The molecule has 15 nitrogen and oxygen atoms in total. The molecule has 3 heterocycles. The van der Waals surface area contributed by atoms with Gasteiger partial charge >= 0.3 is 11.9 Å². The van der Waals surface area contributed by atoms with E-state index in [9.17, 15) is 40.2 Å². The second kappa shape index (κ2) is 14.5. The first-order chi connectivity index (χ1) is 27.0. The number of hydrogen-bond acceptors (Lipinski definition) is 15. The lowest BCUT2D eigenvalue weighted by molar-refractivity contribution is -0.325. The fraction of sp³-hybridized carbons (Fsp3) is 0.953. The maximum absolute atomic E-state index is 12.3. The van der Waals surface area contributed by atoms with Crippen LogP contribution in [0.2, 0.25) is 0 Å². The Morgan fingerprint density at radius 2 is 1.34 bits per heavy atom. The van der Waals surface area contributed by atoms with Crippen molar-refractivity contribution in [2.24, 2.45) is 45.3 Å². The summed E-state index contributed by atoms with van der Waals surface area (Å²) >= 11 is 0. The van der Waals surface area contributed by atoms with Gasteiger partial charge in [0.1, 0.15) is 24.4 Å². The van der Waals surface area contributed by atoms with Crippen LogP contribution in [0.5, 0.6) is 0 Å². The molecule has 0 aromatic rings. The Balaban J connectivity index is 1.11. The number of carbonyl (C=O) groups excluding carboxylic acids is 2. The Labute approximate surface area is 341 Å². The molecule has 3 aliphatic heterocycles. The SMILES string of the molecule is CC(=O)OC1C(O)COC(OC2CCC34CC35CCC3(C)C(CC(O)C3C3(C)CCC(C(C)(C)O)O3)C5CC(OC3OCC(O)C(O)C3O)C4C2(C)C)C1OC(C)=O. The summed E-state index contributed by atoms with van der Waals surface area (Å²) in [6.07, 6.45) is -4.97. The topological polar surface area (TPSA) is 220 Å². The summed E-state index contributed by atoms with van der Waals surface area (Å²) in [4.78, 5) is 24.4. The van der Waals surface area contributed by atoms with Crippen molar-refractivity contribution in [1.82, 2.24) is 0 Å². The summed E-state index contributed by atoms with van der Waals surface area (Å²) in [5, 5.41) is 65.9. The maximum Gasteiger partial charge on any atom is 0.303 e. The van der Waals surface area contributed by atoms with Crippen LogP contribution in [0.15, 0.2) is 0 Å². The number of aliphatic hydroxyl groups is 6. The van der Waals surface area contributed by atoms with Crippen LogP contribution in [0.25, 0.3) is 0 Å². The average molecular weight is 825 g/mol. The highest BCUT2D eigenvalue weighted by molar-refractivity contribution is 5.67. The molecular formula is C43H68O15. The van der Waals surface area contributed by atoms with Gasteiger partial charge in [0.05, 0.1) is 48.8 Å². The Hall–Kier alpha value is -1.50. The van der Waals surface area contributed by atoms with Gasteiger partial charge in [0, 0.05) is 19.8 Å². The van der Waals surface area contributed by atoms with Gasteiger partial charge in [-0.05, 0) is 118 Å². The Bertz CT molecular complexity index is 1580. The molecule has 5 aliphatic carbocycles. The Morgan fingerprint density at radius 1 is 0.690 bits per heavy atom. The minimum atomic E-state index is -1.48. The van der Waals surface area contributed by atoms with E-state index >= 15 is 0 Å². The Kier molecular flexibility index (Phi) is 10.8. The molecule has 2 spiro atoms. The molecule has 0 amide bonds. The van der Waals surface area contributed by atoms with Crippen molar-refractivity contribution in [3.63, 3.8) is 0 Å². The standard InChI is InChI=1S/C43H68O15/c1-20(44)54-32-26(48)18-53-37(33(32)55-21(2)45)57-28-10-12-43-19-42(43)14-13-40(7)22(15-24(46)34(40)41(8)11-9-29(58-41)39(5,6)51)23(42)16-27(35(43)38(28,3)4)56-36-31(50)30(49)25(47)17-52-36/h22-37,46-51H,9-19H2,1-8H3. The summed E-state index contributed by atoms with van der Waals surface area (Å²) in [5.74, 6) is -1.22. The van der Waals surface area contributed by atoms with Crippen LogP contribution in [-0.4, -0.2) is 141 Å². The molecule has 8 rings (SSSR count). The van der Waals surface area contributed by atoms with Gasteiger partial charge in [-0.3, -0.25) is 9.59 Å². The molecule has 20 unspecified atom stereocenters. The zero-order chi connectivity index (χ0) is 42.1. The monoisotopic (exact) mass is 824 g/mol. The zero-order valence-corrected chi connectivity index (χ0v) is 35.4. The van der Waals surface area contributed by atoms with E-state index in [1.807, 2.05) is 0 Å². The third-order valence-corrected chi connectivity index (χ3v) is 17.0.